The second-order valence-electron chi connectivity index (χ2n) is 4.61. The van der Waals surface area contributed by atoms with Crippen molar-refractivity contribution in [2.24, 2.45) is 0 Å². The minimum Gasteiger partial charge on any atom is -0.394 e. The van der Waals surface area contributed by atoms with Crippen LogP contribution >= 0.6 is 0 Å². The van der Waals surface area contributed by atoms with Crippen molar-refractivity contribution in [3.05, 3.63) is 64.3 Å². The highest BCUT2D eigenvalue weighted by Gasteiger charge is 2.28. The van der Waals surface area contributed by atoms with E-state index in [0.29, 0.717) is 0 Å². The normalized spacial score (nSPS) is 13.5. The highest BCUT2D eigenvalue weighted by molar-refractivity contribution is 5.92. The quantitative estimate of drug-likeness (QED) is 0.751. The van der Waals surface area contributed by atoms with E-state index >= 15 is 0 Å². The fourth-order valence-corrected chi connectivity index (χ4v) is 1.79. The molecule has 20 heavy (non-hydrogen) atoms. The van der Waals surface area contributed by atoms with Crippen LogP contribution in [0.1, 0.15) is 23.0 Å². The first-order valence-corrected chi connectivity index (χ1v) is 6.09. The Labute approximate surface area is 115 Å². The predicted octanol–water partition coefficient (Wildman–Crippen LogP) is 0.407. The number of hydrogen-bond acceptors (Lipinski definition) is 4. The van der Waals surface area contributed by atoms with Crippen LogP contribution in [-0.2, 0) is 5.54 Å². The number of carbonyl (C=O) groups is 1. The summed E-state index contributed by atoms with van der Waals surface area (Å²) in [7, 11) is 0. The lowest BCUT2D eigenvalue weighted by Crippen LogP contribution is -2.46. The number of nitrogens with one attached hydrogen (secondary N) is 2. The molecule has 2 aromatic rings. The molecule has 0 fully saturated rings. The number of rotatable bonds is 4. The molecular weight excluding hydrogens is 258 g/mol. The fourth-order valence-electron chi connectivity index (χ4n) is 1.79. The van der Waals surface area contributed by atoms with Crippen molar-refractivity contribution in [3.63, 3.8) is 0 Å². The third-order valence-corrected chi connectivity index (χ3v) is 3.02. The van der Waals surface area contributed by atoms with E-state index in [-0.39, 0.29) is 17.9 Å². The Bertz CT molecular complexity index is 634. The lowest BCUT2D eigenvalue weighted by atomic mass is 9.93. The van der Waals surface area contributed by atoms with Gasteiger partial charge in [-0.2, -0.15) is 0 Å². The Morgan fingerprint density at radius 1 is 1.40 bits per heavy atom. The van der Waals surface area contributed by atoms with Crippen molar-refractivity contribution in [2.75, 3.05) is 6.61 Å². The Kier molecular flexibility index (Phi) is 3.95. The lowest BCUT2D eigenvalue weighted by Gasteiger charge is -2.29. The van der Waals surface area contributed by atoms with Crippen molar-refractivity contribution in [1.82, 2.24) is 15.3 Å². The third kappa shape index (κ3) is 2.92. The zero-order valence-corrected chi connectivity index (χ0v) is 11.0. The average Bonchev–Trinajstić information content (AvgIpc) is 2.48. The smallest absolute Gasteiger partial charge is 0.272 e. The van der Waals surface area contributed by atoms with E-state index in [0.717, 1.165) is 11.8 Å². The van der Waals surface area contributed by atoms with Crippen molar-refractivity contribution < 1.29 is 9.90 Å². The largest absolute Gasteiger partial charge is 0.394 e. The molecule has 1 atom stereocenters. The van der Waals surface area contributed by atoms with Crippen LogP contribution in [0, 0.1) is 0 Å². The summed E-state index contributed by atoms with van der Waals surface area (Å²) in [6.07, 6.45) is 2.27. The standard InChI is InChI=1S/C14H15N3O3/c1-14(9-18,10-5-3-2-4-6-10)17-13(20)11-7-16-12(19)8-15-11/h2-8,18H,9H2,1H3,(H,16,19)(H,17,20). The van der Waals surface area contributed by atoms with Crippen LogP contribution in [-0.4, -0.2) is 27.6 Å². The maximum absolute atomic E-state index is 12.1. The van der Waals surface area contributed by atoms with E-state index in [2.05, 4.69) is 15.3 Å². The molecule has 1 unspecified atom stereocenters. The molecule has 6 heteroatoms. The molecule has 1 amide bonds. The van der Waals surface area contributed by atoms with Crippen LogP contribution in [0.3, 0.4) is 0 Å². The monoisotopic (exact) mass is 273 g/mol. The van der Waals surface area contributed by atoms with E-state index in [1.54, 1.807) is 6.92 Å². The topological polar surface area (TPSA) is 95.1 Å². The molecule has 1 aromatic carbocycles. The minimum absolute atomic E-state index is 0.0835. The number of H-pyrrole nitrogens is 1. The van der Waals surface area contributed by atoms with E-state index < -0.39 is 11.4 Å². The predicted molar refractivity (Wildman–Crippen MR) is 73.2 cm³/mol. The number of aromatic amines is 1. The van der Waals surface area contributed by atoms with E-state index in [9.17, 15) is 14.7 Å². The van der Waals surface area contributed by atoms with Gasteiger partial charge in [0.15, 0.2) is 0 Å². The summed E-state index contributed by atoms with van der Waals surface area (Å²) in [4.78, 5) is 29.2. The van der Waals surface area contributed by atoms with Gasteiger partial charge in [-0.25, -0.2) is 4.98 Å². The van der Waals surface area contributed by atoms with Crippen molar-refractivity contribution in [3.8, 4) is 0 Å². The number of aliphatic hydroxyl groups is 1. The molecule has 0 bridgehead atoms. The fraction of sp³-hybridized carbons (Fsp3) is 0.214. The Balaban J connectivity index is 2.24. The first-order chi connectivity index (χ1) is 9.55. The molecule has 0 spiro atoms. The average molecular weight is 273 g/mol. The summed E-state index contributed by atoms with van der Waals surface area (Å²) in [6, 6.07) is 9.14. The van der Waals surface area contributed by atoms with Gasteiger partial charge in [-0.1, -0.05) is 30.3 Å². The number of aliphatic hydroxyl groups excluding tert-OH is 1. The van der Waals surface area contributed by atoms with Crippen LogP contribution in [0.5, 0.6) is 0 Å². The van der Waals surface area contributed by atoms with Gasteiger partial charge in [0.1, 0.15) is 5.69 Å². The van der Waals surface area contributed by atoms with Crippen molar-refractivity contribution in [1.29, 1.82) is 0 Å². The summed E-state index contributed by atoms with van der Waals surface area (Å²) in [5.74, 6) is -0.471. The number of nitrogens with zero attached hydrogens (tertiary/aromatic N) is 1. The number of carbonyl (C=O) groups excluding carboxylic acids is 1. The summed E-state index contributed by atoms with van der Waals surface area (Å²) in [5.41, 5.74) is -0.439. The summed E-state index contributed by atoms with van der Waals surface area (Å²) in [6.45, 7) is 1.46. The number of hydrogen-bond donors (Lipinski definition) is 3. The highest BCUT2D eigenvalue weighted by atomic mass is 16.3. The van der Waals surface area contributed by atoms with Gasteiger partial charge in [-0.15, -0.1) is 0 Å². The molecule has 0 aliphatic rings. The zero-order valence-electron chi connectivity index (χ0n) is 11.0. The molecule has 0 radical (unpaired) electrons. The van der Waals surface area contributed by atoms with E-state index in [1.807, 2.05) is 30.3 Å². The second-order valence-corrected chi connectivity index (χ2v) is 4.61. The molecule has 1 aromatic heterocycles. The molecule has 104 valence electrons. The lowest BCUT2D eigenvalue weighted by molar-refractivity contribution is 0.0844. The van der Waals surface area contributed by atoms with Crippen LogP contribution in [0.2, 0.25) is 0 Å². The van der Waals surface area contributed by atoms with Gasteiger partial charge in [0.05, 0.1) is 18.3 Å². The first-order valence-electron chi connectivity index (χ1n) is 6.09. The molecule has 1 heterocycles. The van der Waals surface area contributed by atoms with E-state index in [1.165, 1.54) is 6.20 Å². The molecule has 0 saturated heterocycles. The second kappa shape index (κ2) is 5.66. The van der Waals surface area contributed by atoms with Gasteiger partial charge < -0.3 is 15.4 Å². The molecule has 3 N–H and O–H groups in total. The van der Waals surface area contributed by atoms with Crippen molar-refractivity contribution >= 4 is 5.91 Å². The Morgan fingerprint density at radius 2 is 2.10 bits per heavy atom. The zero-order chi connectivity index (χ0) is 14.6. The Hall–Kier alpha value is -2.47. The summed E-state index contributed by atoms with van der Waals surface area (Å²) in [5, 5.41) is 12.3. The van der Waals surface area contributed by atoms with Crippen molar-refractivity contribution in [2.45, 2.75) is 12.5 Å². The molecule has 0 aliphatic carbocycles. The van der Waals surface area contributed by atoms with E-state index in [4.69, 9.17) is 0 Å². The van der Waals surface area contributed by atoms with Crippen LogP contribution in [0.25, 0.3) is 0 Å². The maximum Gasteiger partial charge on any atom is 0.272 e. The van der Waals surface area contributed by atoms with Crippen LogP contribution in [0.4, 0.5) is 0 Å². The molecule has 0 saturated carbocycles. The third-order valence-electron chi connectivity index (χ3n) is 3.02. The molecular formula is C14H15N3O3. The first kappa shape index (κ1) is 14.0. The minimum atomic E-state index is -0.920. The molecule has 2 rings (SSSR count). The number of aromatic nitrogens is 2. The van der Waals surface area contributed by atoms with Crippen LogP contribution < -0.4 is 10.9 Å². The van der Waals surface area contributed by atoms with Gasteiger partial charge in [-0.05, 0) is 12.5 Å². The maximum atomic E-state index is 12.1. The molecule has 0 aliphatic heterocycles. The van der Waals surface area contributed by atoms with Gasteiger partial charge in [0, 0.05) is 6.20 Å². The SMILES string of the molecule is CC(CO)(NC(=O)c1c[nH]c(=O)cn1)c1ccccc1. The van der Waals surface area contributed by atoms with Crippen LogP contribution in [0.15, 0.2) is 47.5 Å². The number of amides is 1. The van der Waals surface area contributed by atoms with Gasteiger partial charge in [-0.3, -0.25) is 9.59 Å². The summed E-state index contributed by atoms with van der Waals surface area (Å²) < 4.78 is 0. The van der Waals surface area contributed by atoms with Gasteiger partial charge in [0.2, 0.25) is 0 Å². The van der Waals surface area contributed by atoms with Gasteiger partial charge >= 0.3 is 0 Å². The molecule has 6 nitrogen and oxygen atoms in total. The Morgan fingerprint density at radius 3 is 2.65 bits per heavy atom. The number of benzene rings is 1. The highest BCUT2D eigenvalue weighted by Crippen LogP contribution is 2.20. The van der Waals surface area contributed by atoms with Gasteiger partial charge in [0.25, 0.3) is 11.5 Å². The summed E-state index contributed by atoms with van der Waals surface area (Å²) >= 11 is 0.